The average Bonchev–Trinajstić information content (AvgIpc) is 2.80. The van der Waals surface area contributed by atoms with Crippen molar-refractivity contribution in [2.75, 3.05) is 11.9 Å². The summed E-state index contributed by atoms with van der Waals surface area (Å²) in [6, 6.07) is 4.98. The molecule has 18 heavy (non-hydrogen) atoms. The summed E-state index contributed by atoms with van der Waals surface area (Å²) in [5.41, 5.74) is 1.94. The van der Waals surface area contributed by atoms with E-state index >= 15 is 0 Å². The van der Waals surface area contributed by atoms with Gasteiger partial charge in [-0.15, -0.1) is 0 Å². The van der Waals surface area contributed by atoms with Gasteiger partial charge in [0.15, 0.2) is 0 Å². The van der Waals surface area contributed by atoms with E-state index in [2.05, 4.69) is 4.98 Å². The molecule has 0 saturated carbocycles. The van der Waals surface area contributed by atoms with Crippen LogP contribution in [-0.4, -0.2) is 23.1 Å². The molecule has 0 atom stereocenters. The number of rotatable bonds is 4. The standard InChI is InChI=1S/C13H14N2O3/c1-9-5-11(13(16)17)6-12(14-9)15(2)7-10-3-4-18-8-10/h3-6,8H,7H2,1-2H3,(H,16,17). The lowest BCUT2D eigenvalue weighted by Gasteiger charge is -2.18. The van der Waals surface area contributed by atoms with Crippen LogP contribution in [0.5, 0.6) is 0 Å². The van der Waals surface area contributed by atoms with Gasteiger partial charge in [0.05, 0.1) is 18.1 Å². The van der Waals surface area contributed by atoms with Crippen LogP contribution in [0.3, 0.4) is 0 Å². The number of carbonyl (C=O) groups is 1. The molecule has 5 nitrogen and oxygen atoms in total. The van der Waals surface area contributed by atoms with Gasteiger partial charge in [-0.1, -0.05) is 0 Å². The molecule has 0 amide bonds. The van der Waals surface area contributed by atoms with Crippen molar-refractivity contribution >= 4 is 11.8 Å². The second-order valence-electron chi connectivity index (χ2n) is 4.15. The van der Waals surface area contributed by atoms with Gasteiger partial charge in [-0.2, -0.15) is 0 Å². The maximum atomic E-state index is 11.0. The average molecular weight is 246 g/mol. The lowest BCUT2D eigenvalue weighted by molar-refractivity contribution is 0.0696. The number of aromatic carboxylic acids is 1. The van der Waals surface area contributed by atoms with Crippen molar-refractivity contribution in [1.82, 2.24) is 4.98 Å². The van der Waals surface area contributed by atoms with E-state index in [1.807, 2.05) is 18.0 Å². The predicted octanol–water partition coefficient (Wildman–Crippen LogP) is 2.32. The zero-order valence-corrected chi connectivity index (χ0v) is 10.3. The lowest BCUT2D eigenvalue weighted by atomic mass is 10.2. The summed E-state index contributed by atoms with van der Waals surface area (Å²) in [6.45, 7) is 2.40. The molecule has 0 aliphatic rings. The second kappa shape index (κ2) is 4.91. The lowest BCUT2D eigenvalue weighted by Crippen LogP contribution is -2.18. The predicted molar refractivity (Wildman–Crippen MR) is 66.7 cm³/mol. The van der Waals surface area contributed by atoms with Crippen LogP contribution in [0.4, 0.5) is 5.82 Å². The number of aryl methyl sites for hydroxylation is 1. The fourth-order valence-corrected chi connectivity index (χ4v) is 1.71. The Labute approximate surface area is 105 Å². The zero-order chi connectivity index (χ0) is 13.1. The molecule has 0 aliphatic heterocycles. The highest BCUT2D eigenvalue weighted by Crippen LogP contribution is 2.16. The van der Waals surface area contributed by atoms with Gasteiger partial charge in [0.2, 0.25) is 0 Å². The first-order valence-corrected chi connectivity index (χ1v) is 5.50. The van der Waals surface area contributed by atoms with E-state index in [4.69, 9.17) is 9.52 Å². The molecule has 1 N–H and O–H groups in total. The van der Waals surface area contributed by atoms with Gasteiger partial charge >= 0.3 is 5.97 Å². The Morgan fingerprint density at radius 3 is 2.89 bits per heavy atom. The number of furan rings is 1. The van der Waals surface area contributed by atoms with Crippen LogP contribution < -0.4 is 4.90 Å². The fraction of sp³-hybridized carbons (Fsp3) is 0.231. The molecular weight excluding hydrogens is 232 g/mol. The second-order valence-corrected chi connectivity index (χ2v) is 4.15. The maximum absolute atomic E-state index is 11.0. The van der Waals surface area contributed by atoms with Crippen LogP contribution in [0.1, 0.15) is 21.6 Å². The van der Waals surface area contributed by atoms with E-state index in [0.717, 1.165) is 5.56 Å². The van der Waals surface area contributed by atoms with Crippen LogP contribution >= 0.6 is 0 Å². The molecule has 2 aromatic rings. The summed E-state index contributed by atoms with van der Waals surface area (Å²) in [4.78, 5) is 17.2. The molecule has 0 spiro atoms. The molecule has 0 unspecified atom stereocenters. The summed E-state index contributed by atoms with van der Waals surface area (Å²) in [5.74, 6) is -0.313. The van der Waals surface area contributed by atoms with Crippen molar-refractivity contribution in [2.45, 2.75) is 13.5 Å². The molecule has 2 aromatic heterocycles. The number of carboxylic acids is 1. The topological polar surface area (TPSA) is 66.6 Å². The Balaban J connectivity index is 2.24. The van der Waals surface area contributed by atoms with Crippen molar-refractivity contribution in [1.29, 1.82) is 0 Å². The van der Waals surface area contributed by atoms with Crippen LogP contribution in [0.2, 0.25) is 0 Å². The minimum Gasteiger partial charge on any atom is -0.478 e. The Morgan fingerprint density at radius 2 is 2.28 bits per heavy atom. The first-order chi connectivity index (χ1) is 8.56. The Bertz CT molecular complexity index is 549. The molecule has 0 aliphatic carbocycles. The third kappa shape index (κ3) is 2.68. The number of carboxylic acid groups (broad SMARTS) is 1. The minimum atomic E-state index is -0.946. The molecular formula is C13H14N2O3. The smallest absolute Gasteiger partial charge is 0.335 e. The zero-order valence-electron chi connectivity index (χ0n) is 10.3. The van der Waals surface area contributed by atoms with Crippen molar-refractivity contribution < 1.29 is 14.3 Å². The number of nitrogens with zero attached hydrogens (tertiary/aromatic N) is 2. The molecule has 5 heteroatoms. The summed E-state index contributed by atoms with van der Waals surface area (Å²) in [7, 11) is 1.86. The van der Waals surface area contributed by atoms with Crippen LogP contribution in [-0.2, 0) is 6.54 Å². The number of anilines is 1. The van der Waals surface area contributed by atoms with Crippen molar-refractivity contribution in [2.24, 2.45) is 0 Å². The van der Waals surface area contributed by atoms with Gasteiger partial charge in [0.25, 0.3) is 0 Å². The first-order valence-electron chi connectivity index (χ1n) is 5.50. The van der Waals surface area contributed by atoms with Crippen LogP contribution in [0.15, 0.2) is 35.1 Å². The SMILES string of the molecule is Cc1cc(C(=O)O)cc(N(C)Cc2ccoc2)n1. The van der Waals surface area contributed by atoms with E-state index in [1.165, 1.54) is 0 Å². The molecule has 0 fully saturated rings. The Hall–Kier alpha value is -2.30. The molecule has 2 rings (SSSR count). The Morgan fingerprint density at radius 1 is 1.50 bits per heavy atom. The molecule has 0 radical (unpaired) electrons. The highest BCUT2D eigenvalue weighted by Gasteiger charge is 2.10. The summed E-state index contributed by atoms with van der Waals surface area (Å²) in [5, 5.41) is 9.01. The van der Waals surface area contributed by atoms with E-state index in [0.29, 0.717) is 18.1 Å². The third-order valence-electron chi connectivity index (χ3n) is 2.58. The van der Waals surface area contributed by atoms with Gasteiger partial charge in [0, 0.05) is 24.8 Å². The summed E-state index contributed by atoms with van der Waals surface area (Å²) >= 11 is 0. The van der Waals surface area contributed by atoms with Crippen LogP contribution in [0.25, 0.3) is 0 Å². The monoisotopic (exact) mass is 246 g/mol. The molecule has 0 saturated heterocycles. The van der Waals surface area contributed by atoms with Gasteiger partial charge in [-0.3, -0.25) is 0 Å². The summed E-state index contributed by atoms with van der Waals surface area (Å²) < 4.78 is 5.00. The number of hydrogen-bond acceptors (Lipinski definition) is 4. The molecule has 2 heterocycles. The van der Waals surface area contributed by atoms with Crippen molar-refractivity contribution in [3.05, 3.63) is 47.5 Å². The van der Waals surface area contributed by atoms with Gasteiger partial charge in [0.1, 0.15) is 5.82 Å². The largest absolute Gasteiger partial charge is 0.478 e. The normalized spacial score (nSPS) is 10.3. The van der Waals surface area contributed by atoms with Crippen LogP contribution in [0, 0.1) is 6.92 Å². The van der Waals surface area contributed by atoms with E-state index < -0.39 is 5.97 Å². The quantitative estimate of drug-likeness (QED) is 0.896. The first kappa shape index (κ1) is 12.2. The number of pyridine rings is 1. The van der Waals surface area contributed by atoms with Crippen molar-refractivity contribution in [3.8, 4) is 0 Å². The maximum Gasteiger partial charge on any atom is 0.335 e. The van der Waals surface area contributed by atoms with Gasteiger partial charge < -0.3 is 14.4 Å². The molecule has 94 valence electrons. The summed E-state index contributed by atoms with van der Waals surface area (Å²) in [6.07, 6.45) is 3.26. The molecule has 0 aromatic carbocycles. The highest BCUT2D eigenvalue weighted by molar-refractivity contribution is 5.88. The van der Waals surface area contributed by atoms with E-state index in [-0.39, 0.29) is 5.56 Å². The van der Waals surface area contributed by atoms with Gasteiger partial charge in [-0.05, 0) is 25.1 Å². The highest BCUT2D eigenvalue weighted by atomic mass is 16.4. The van der Waals surface area contributed by atoms with E-state index in [1.54, 1.807) is 31.6 Å². The van der Waals surface area contributed by atoms with E-state index in [9.17, 15) is 4.79 Å². The fourth-order valence-electron chi connectivity index (χ4n) is 1.71. The van der Waals surface area contributed by atoms with Gasteiger partial charge in [-0.25, -0.2) is 9.78 Å². The molecule has 0 bridgehead atoms. The van der Waals surface area contributed by atoms with Crippen molar-refractivity contribution in [3.63, 3.8) is 0 Å². The minimum absolute atomic E-state index is 0.247. The third-order valence-corrected chi connectivity index (χ3v) is 2.58. The Kier molecular flexibility index (Phi) is 3.32. The number of hydrogen-bond donors (Lipinski definition) is 1. The number of aromatic nitrogens is 1.